The van der Waals surface area contributed by atoms with E-state index in [0.29, 0.717) is 0 Å². The lowest BCUT2D eigenvalue weighted by atomic mass is 10.3. The summed E-state index contributed by atoms with van der Waals surface area (Å²) in [4.78, 5) is 8.08. The minimum absolute atomic E-state index is 0.791. The Morgan fingerprint density at radius 1 is 1.04 bits per heavy atom. The van der Waals surface area contributed by atoms with Crippen molar-refractivity contribution < 1.29 is 9.47 Å². The zero-order valence-electron chi connectivity index (χ0n) is 14.8. The van der Waals surface area contributed by atoms with Crippen LogP contribution in [0.4, 0.5) is 0 Å². The summed E-state index contributed by atoms with van der Waals surface area (Å²) in [7, 11) is 0. The molecule has 0 unspecified atom stereocenters. The fourth-order valence-electron chi connectivity index (χ4n) is 3.45. The normalized spacial score (nSPS) is 20.6. The number of hydrogen-bond acceptors (Lipinski definition) is 5. The predicted octanol–water partition coefficient (Wildman–Crippen LogP) is 2.63. The quantitative estimate of drug-likeness (QED) is 0.578. The lowest BCUT2D eigenvalue weighted by Gasteiger charge is -2.45. The zero-order valence-corrected chi connectivity index (χ0v) is 17.3. The highest BCUT2D eigenvalue weighted by Crippen LogP contribution is 2.54. The Labute approximate surface area is 163 Å². The number of fused-ring (bicyclic) bond motifs is 1. The van der Waals surface area contributed by atoms with Crippen LogP contribution in [0.25, 0.3) is 11.0 Å². The first kappa shape index (κ1) is 18.9. The Morgan fingerprint density at radius 3 is 2.27 bits per heavy atom. The number of thioether (sulfide) groups is 1. The first-order valence-electron chi connectivity index (χ1n) is 9.09. The highest BCUT2D eigenvalue weighted by Gasteiger charge is 2.34. The summed E-state index contributed by atoms with van der Waals surface area (Å²) >= 11 is 8.11. The van der Waals surface area contributed by atoms with Gasteiger partial charge in [-0.3, -0.25) is 9.34 Å². The van der Waals surface area contributed by atoms with Crippen molar-refractivity contribution in [2.24, 2.45) is 0 Å². The molecule has 1 aromatic heterocycles. The van der Waals surface area contributed by atoms with E-state index in [9.17, 15) is 0 Å². The van der Waals surface area contributed by atoms with Crippen LogP contribution < -0.4 is 0 Å². The number of nitrogens with zero attached hydrogens (tertiary/aromatic N) is 3. The van der Waals surface area contributed by atoms with E-state index >= 15 is 0 Å². The van der Waals surface area contributed by atoms with Gasteiger partial charge in [0.1, 0.15) is 0 Å². The number of aromatic amines is 1. The Balaban J connectivity index is 1.44. The van der Waals surface area contributed by atoms with Crippen molar-refractivity contribution in [3.05, 3.63) is 24.3 Å². The van der Waals surface area contributed by atoms with E-state index in [0.717, 1.165) is 80.7 Å². The smallest absolute Gasteiger partial charge is 0.166 e. The van der Waals surface area contributed by atoms with E-state index in [1.54, 1.807) is 11.8 Å². The van der Waals surface area contributed by atoms with Gasteiger partial charge >= 0.3 is 0 Å². The first-order valence-corrected chi connectivity index (χ1v) is 13.0. The molecule has 0 amide bonds. The van der Waals surface area contributed by atoms with Crippen molar-refractivity contribution in [1.82, 2.24) is 19.3 Å². The molecule has 4 rings (SSSR count). The number of hydrogen-bond donors (Lipinski definition) is 1. The van der Waals surface area contributed by atoms with Crippen LogP contribution >= 0.6 is 18.1 Å². The second-order valence-electron chi connectivity index (χ2n) is 6.43. The Kier molecular flexibility index (Phi) is 6.31. The third-order valence-corrected chi connectivity index (χ3v) is 11.3. The zero-order chi connectivity index (χ0) is 17.8. The van der Waals surface area contributed by atoms with Gasteiger partial charge in [0.25, 0.3) is 0 Å². The Hall–Kier alpha value is -0.470. The summed E-state index contributed by atoms with van der Waals surface area (Å²) in [5, 5.41) is 0.983. The molecule has 0 radical (unpaired) electrons. The molecule has 1 N–H and O–H groups in total. The fourth-order valence-corrected chi connectivity index (χ4v) is 9.46. The van der Waals surface area contributed by atoms with Crippen molar-refractivity contribution in [3.8, 4) is 0 Å². The molecule has 26 heavy (non-hydrogen) atoms. The maximum absolute atomic E-state index is 6.33. The van der Waals surface area contributed by atoms with Crippen LogP contribution in [-0.4, -0.2) is 83.8 Å². The van der Waals surface area contributed by atoms with E-state index in [-0.39, 0.29) is 0 Å². The molecule has 2 aliphatic rings. The summed E-state index contributed by atoms with van der Waals surface area (Å²) in [6.45, 7) is 6.96. The average molecular weight is 413 g/mol. The largest absolute Gasteiger partial charge is 0.379 e. The van der Waals surface area contributed by atoms with E-state index in [4.69, 9.17) is 21.3 Å². The average Bonchev–Trinajstić information content (AvgIpc) is 3.12. The van der Waals surface area contributed by atoms with Crippen LogP contribution in [-0.2, 0) is 21.3 Å². The minimum Gasteiger partial charge on any atom is -0.379 e. The number of H-pyrrole nitrogens is 1. The lowest BCUT2D eigenvalue weighted by molar-refractivity contribution is 0.0580. The van der Waals surface area contributed by atoms with Gasteiger partial charge in [0.2, 0.25) is 0 Å². The van der Waals surface area contributed by atoms with E-state index < -0.39 is 6.34 Å². The summed E-state index contributed by atoms with van der Waals surface area (Å²) in [5.41, 5.74) is 2.12. The molecule has 2 aromatic rings. The molecule has 0 aliphatic carbocycles. The van der Waals surface area contributed by atoms with E-state index in [1.807, 2.05) is 18.2 Å². The third-order valence-electron chi connectivity index (χ3n) is 4.85. The summed E-state index contributed by atoms with van der Waals surface area (Å²) in [6, 6.07) is 8.17. The molecular weight excluding hydrogens is 387 g/mol. The highest BCUT2D eigenvalue weighted by molar-refractivity contribution is 8.12. The molecule has 2 fully saturated rings. The monoisotopic (exact) mass is 412 g/mol. The van der Waals surface area contributed by atoms with Crippen LogP contribution in [0.5, 0.6) is 0 Å². The lowest BCUT2D eigenvalue weighted by Crippen LogP contribution is -2.44. The standard InChI is InChI=1S/C17H25N4O2PS2/c25-24(20-5-9-22-10-6-20,21-7-11-23-12-8-21)13-14-26-17-18-15-3-1-2-4-16(15)19-17/h1-4H,5-14H2,(H,18,19). The number of aromatic nitrogens is 2. The molecule has 1 aromatic carbocycles. The van der Waals surface area contributed by atoms with Gasteiger partial charge in [0.05, 0.1) is 43.8 Å². The SMILES string of the molecule is S=P(CCSc1nc2ccccc2[nH]1)(N1CCOCC1)N1CCOCC1. The van der Waals surface area contributed by atoms with Crippen molar-refractivity contribution in [2.45, 2.75) is 5.16 Å². The van der Waals surface area contributed by atoms with Gasteiger partial charge in [-0.1, -0.05) is 35.7 Å². The molecule has 0 spiro atoms. The molecular formula is C17H25N4O2PS2. The van der Waals surface area contributed by atoms with Gasteiger partial charge in [-0.15, -0.1) is 0 Å². The van der Waals surface area contributed by atoms with Crippen molar-refractivity contribution in [2.75, 3.05) is 64.5 Å². The van der Waals surface area contributed by atoms with Crippen LogP contribution in [0.2, 0.25) is 0 Å². The highest BCUT2D eigenvalue weighted by atomic mass is 32.4. The molecule has 6 nitrogen and oxygen atoms in total. The maximum atomic E-state index is 6.33. The third kappa shape index (κ3) is 4.17. The van der Waals surface area contributed by atoms with Crippen LogP contribution in [0.15, 0.2) is 29.4 Å². The van der Waals surface area contributed by atoms with Gasteiger partial charge in [-0.05, 0) is 12.1 Å². The molecule has 0 saturated carbocycles. The second kappa shape index (κ2) is 8.69. The van der Waals surface area contributed by atoms with Crippen LogP contribution in [0.1, 0.15) is 0 Å². The molecule has 0 atom stereocenters. The van der Waals surface area contributed by atoms with Crippen molar-refractivity contribution in [3.63, 3.8) is 0 Å². The molecule has 2 saturated heterocycles. The molecule has 9 heteroatoms. The number of ether oxygens (including phenoxy) is 2. The maximum Gasteiger partial charge on any atom is 0.166 e. The Morgan fingerprint density at radius 2 is 1.65 bits per heavy atom. The molecule has 2 aliphatic heterocycles. The second-order valence-corrected chi connectivity index (χ2v) is 12.2. The van der Waals surface area contributed by atoms with Gasteiger partial charge in [0.15, 0.2) is 5.16 Å². The fraction of sp³-hybridized carbons (Fsp3) is 0.588. The summed E-state index contributed by atoms with van der Waals surface area (Å²) < 4.78 is 16.2. The summed E-state index contributed by atoms with van der Waals surface area (Å²) in [6.07, 6.45) is -0.746. The number of morpholine rings is 2. The first-order chi connectivity index (χ1) is 12.8. The van der Waals surface area contributed by atoms with Crippen LogP contribution in [0.3, 0.4) is 0 Å². The van der Waals surface area contributed by atoms with Crippen molar-refractivity contribution >= 4 is 40.9 Å². The molecule has 142 valence electrons. The van der Waals surface area contributed by atoms with E-state index in [2.05, 4.69) is 25.4 Å². The van der Waals surface area contributed by atoms with Gasteiger partial charge < -0.3 is 14.5 Å². The summed E-state index contributed by atoms with van der Waals surface area (Å²) in [5.74, 6) is 0.978. The number of nitrogens with one attached hydrogen (secondary N) is 1. The number of imidazole rings is 1. The van der Waals surface area contributed by atoms with Gasteiger partial charge in [-0.2, -0.15) is 0 Å². The van der Waals surface area contributed by atoms with Gasteiger partial charge in [-0.25, -0.2) is 4.98 Å². The van der Waals surface area contributed by atoms with Crippen molar-refractivity contribution in [1.29, 1.82) is 0 Å². The van der Waals surface area contributed by atoms with Crippen LogP contribution in [0, 0.1) is 0 Å². The Bertz CT molecular complexity index is 720. The molecule has 0 bridgehead atoms. The minimum atomic E-state index is -1.76. The number of para-hydroxylation sites is 2. The topological polar surface area (TPSA) is 53.6 Å². The molecule has 3 heterocycles. The predicted molar refractivity (Wildman–Crippen MR) is 111 cm³/mol. The number of benzene rings is 1. The van der Waals surface area contributed by atoms with E-state index in [1.165, 1.54) is 0 Å². The van der Waals surface area contributed by atoms with Gasteiger partial charge in [0, 0.05) is 38.1 Å². The number of rotatable bonds is 6.